The van der Waals surface area contributed by atoms with Gasteiger partial charge in [0.05, 0.1) is 10.5 Å². The lowest BCUT2D eigenvalue weighted by atomic mass is 10.0. The molecule has 9 heteroatoms. The zero-order valence-corrected chi connectivity index (χ0v) is 14.6. The molecule has 3 rings (SSSR count). The SMILES string of the molecule is O=C(C[C@@H]1C=CCC1)N1CCN(c2ccc(C(F)(F)F)cc2[N+](=O)[O-])CC1. The van der Waals surface area contributed by atoms with Gasteiger partial charge in [0.25, 0.3) is 5.69 Å². The highest BCUT2D eigenvalue weighted by atomic mass is 19.4. The van der Waals surface area contributed by atoms with Crippen molar-refractivity contribution >= 4 is 17.3 Å². The molecule has 6 nitrogen and oxygen atoms in total. The van der Waals surface area contributed by atoms with Gasteiger partial charge in [-0.05, 0) is 30.9 Å². The number of alkyl halides is 3. The van der Waals surface area contributed by atoms with Crippen LogP contribution >= 0.6 is 0 Å². The van der Waals surface area contributed by atoms with Crippen molar-refractivity contribution in [1.29, 1.82) is 0 Å². The molecule has 0 saturated carbocycles. The van der Waals surface area contributed by atoms with Crippen molar-refractivity contribution < 1.29 is 22.9 Å². The molecule has 1 aromatic rings. The number of piperazine rings is 1. The molecule has 0 N–H and O–H groups in total. The lowest BCUT2D eigenvalue weighted by molar-refractivity contribution is -0.384. The molecule has 0 radical (unpaired) electrons. The first-order valence-corrected chi connectivity index (χ1v) is 8.80. The Kier molecular flexibility index (Phi) is 5.38. The molecule has 0 unspecified atom stereocenters. The number of halogens is 3. The molecule has 1 aromatic carbocycles. The van der Waals surface area contributed by atoms with Gasteiger partial charge in [0.15, 0.2) is 0 Å². The van der Waals surface area contributed by atoms with Gasteiger partial charge in [-0.3, -0.25) is 14.9 Å². The van der Waals surface area contributed by atoms with Crippen LogP contribution in [-0.2, 0) is 11.0 Å². The second-order valence-electron chi connectivity index (χ2n) is 6.80. The highest BCUT2D eigenvalue weighted by Crippen LogP contribution is 2.36. The van der Waals surface area contributed by atoms with E-state index >= 15 is 0 Å². The van der Waals surface area contributed by atoms with Crippen LogP contribution in [0.15, 0.2) is 30.4 Å². The normalized spacial score (nSPS) is 20.2. The van der Waals surface area contributed by atoms with Crippen molar-refractivity contribution in [2.75, 3.05) is 31.1 Å². The van der Waals surface area contributed by atoms with E-state index in [0.717, 1.165) is 25.0 Å². The van der Waals surface area contributed by atoms with Crippen molar-refractivity contribution in [1.82, 2.24) is 4.90 Å². The van der Waals surface area contributed by atoms with Crippen LogP contribution < -0.4 is 4.90 Å². The Balaban J connectivity index is 1.67. The zero-order valence-electron chi connectivity index (χ0n) is 14.6. The van der Waals surface area contributed by atoms with Crippen molar-refractivity contribution in [3.05, 3.63) is 46.0 Å². The minimum absolute atomic E-state index is 0.0492. The van der Waals surface area contributed by atoms with Crippen molar-refractivity contribution in [2.45, 2.75) is 25.4 Å². The third-order valence-electron chi connectivity index (χ3n) is 5.02. The van der Waals surface area contributed by atoms with Gasteiger partial charge in [0.1, 0.15) is 5.69 Å². The average molecular weight is 383 g/mol. The van der Waals surface area contributed by atoms with Crippen LogP contribution in [0.25, 0.3) is 0 Å². The number of hydrogen-bond donors (Lipinski definition) is 0. The summed E-state index contributed by atoms with van der Waals surface area (Å²) in [7, 11) is 0. The largest absolute Gasteiger partial charge is 0.416 e. The van der Waals surface area contributed by atoms with Crippen LogP contribution in [0.5, 0.6) is 0 Å². The smallest absolute Gasteiger partial charge is 0.362 e. The number of rotatable bonds is 4. The molecular weight excluding hydrogens is 363 g/mol. The Hall–Kier alpha value is -2.58. The van der Waals surface area contributed by atoms with E-state index in [-0.39, 0.29) is 17.5 Å². The van der Waals surface area contributed by atoms with Gasteiger partial charge in [0.2, 0.25) is 5.91 Å². The maximum absolute atomic E-state index is 12.8. The molecule has 0 spiro atoms. The summed E-state index contributed by atoms with van der Waals surface area (Å²) in [4.78, 5) is 26.2. The number of hydrogen-bond acceptors (Lipinski definition) is 4. The Bertz CT molecular complexity index is 756. The number of carbonyl (C=O) groups excluding carboxylic acids is 1. The van der Waals surface area contributed by atoms with E-state index < -0.39 is 22.4 Å². The first-order chi connectivity index (χ1) is 12.8. The number of nitrogens with zero attached hydrogens (tertiary/aromatic N) is 3. The number of carbonyl (C=O) groups is 1. The van der Waals surface area contributed by atoms with Gasteiger partial charge in [-0.2, -0.15) is 13.2 Å². The third-order valence-corrected chi connectivity index (χ3v) is 5.02. The Morgan fingerprint density at radius 2 is 1.93 bits per heavy atom. The van der Waals surface area contributed by atoms with Crippen LogP contribution in [0.2, 0.25) is 0 Å². The summed E-state index contributed by atoms with van der Waals surface area (Å²) < 4.78 is 38.5. The van der Waals surface area contributed by atoms with Crippen molar-refractivity contribution in [3.63, 3.8) is 0 Å². The first-order valence-electron chi connectivity index (χ1n) is 8.80. The van der Waals surface area contributed by atoms with Crippen LogP contribution in [0.4, 0.5) is 24.5 Å². The fourth-order valence-electron chi connectivity index (χ4n) is 3.53. The summed E-state index contributed by atoms with van der Waals surface area (Å²) in [5, 5.41) is 11.3. The maximum atomic E-state index is 12.8. The number of nitro groups is 1. The number of amides is 1. The summed E-state index contributed by atoms with van der Waals surface area (Å²) >= 11 is 0. The molecule has 1 aliphatic carbocycles. The summed E-state index contributed by atoms with van der Waals surface area (Å²) in [5.41, 5.74) is -1.46. The first kappa shape index (κ1) is 19.2. The lowest BCUT2D eigenvalue weighted by Gasteiger charge is -2.36. The second-order valence-corrected chi connectivity index (χ2v) is 6.80. The molecular formula is C18H20F3N3O3. The number of nitro benzene ring substituents is 1. The molecule has 2 aliphatic rings. The second kappa shape index (κ2) is 7.58. The lowest BCUT2D eigenvalue weighted by Crippen LogP contribution is -2.49. The Labute approximate surface area is 154 Å². The van der Waals surface area contributed by atoms with Gasteiger partial charge in [-0.15, -0.1) is 0 Å². The zero-order chi connectivity index (χ0) is 19.6. The predicted octanol–water partition coefficient (Wildman–Crippen LogP) is 3.62. The van der Waals surface area contributed by atoms with Gasteiger partial charge >= 0.3 is 6.18 Å². The highest BCUT2D eigenvalue weighted by Gasteiger charge is 2.34. The molecule has 1 heterocycles. The van der Waals surface area contributed by atoms with E-state index in [1.165, 1.54) is 0 Å². The predicted molar refractivity (Wildman–Crippen MR) is 93.4 cm³/mol. The van der Waals surface area contributed by atoms with E-state index in [4.69, 9.17) is 0 Å². The van der Waals surface area contributed by atoms with E-state index in [2.05, 4.69) is 12.2 Å². The molecule has 1 saturated heterocycles. The van der Waals surface area contributed by atoms with E-state index in [9.17, 15) is 28.1 Å². The molecule has 1 aliphatic heterocycles. The summed E-state index contributed by atoms with van der Waals surface area (Å²) in [6.07, 6.45) is 1.91. The van der Waals surface area contributed by atoms with Gasteiger partial charge in [-0.1, -0.05) is 12.2 Å². The average Bonchev–Trinajstić information content (AvgIpc) is 3.13. The summed E-state index contributed by atoms with van der Waals surface area (Å²) in [5.74, 6) is 0.319. The molecule has 1 atom stereocenters. The van der Waals surface area contributed by atoms with Gasteiger partial charge in [0, 0.05) is 38.7 Å². The minimum Gasteiger partial charge on any atom is -0.362 e. The third kappa shape index (κ3) is 4.40. The minimum atomic E-state index is -4.64. The summed E-state index contributed by atoms with van der Waals surface area (Å²) in [6.45, 7) is 1.48. The molecule has 1 fully saturated rings. The summed E-state index contributed by atoms with van der Waals surface area (Å²) in [6, 6.07) is 2.56. The van der Waals surface area contributed by atoms with Crippen molar-refractivity contribution in [3.8, 4) is 0 Å². The molecule has 0 bridgehead atoms. The number of anilines is 1. The van der Waals surface area contributed by atoms with E-state index in [0.29, 0.717) is 38.7 Å². The van der Waals surface area contributed by atoms with Crippen LogP contribution in [0.3, 0.4) is 0 Å². The quantitative estimate of drug-likeness (QED) is 0.453. The van der Waals surface area contributed by atoms with E-state index in [1.807, 2.05) is 0 Å². The number of benzene rings is 1. The molecule has 27 heavy (non-hydrogen) atoms. The van der Waals surface area contributed by atoms with Crippen molar-refractivity contribution in [2.24, 2.45) is 5.92 Å². The molecule has 1 amide bonds. The molecule has 0 aromatic heterocycles. The van der Waals surface area contributed by atoms with Crippen LogP contribution in [0.1, 0.15) is 24.8 Å². The van der Waals surface area contributed by atoms with Crippen LogP contribution in [-0.4, -0.2) is 41.9 Å². The number of allylic oxidation sites excluding steroid dienone is 2. The topological polar surface area (TPSA) is 66.7 Å². The van der Waals surface area contributed by atoms with Crippen LogP contribution in [0, 0.1) is 16.0 Å². The van der Waals surface area contributed by atoms with E-state index in [1.54, 1.807) is 9.80 Å². The Morgan fingerprint density at radius 1 is 1.22 bits per heavy atom. The monoisotopic (exact) mass is 383 g/mol. The fourth-order valence-corrected chi connectivity index (χ4v) is 3.53. The standard InChI is InChI=1S/C18H20F3N3O3/c19-18(20,21)14-5-6-15(16(12-14)24(26)27)22-7-9-23(10-8-22)17(25)11-13-3-1-2-4-13/h1,3,5-6,12-13H,2,4,7-11H2/t13-/m1/s1. The highest BCUT2D eigenvalue weighted by molar-refractivity contribution is 5.77. The fraction of sp³-hybridized carbons (Fsp3) is 0.500. The van der Waals surface area contributed by atoms with Gasteiger partial charge < -0.3 is 9.80 Å². The maximum Gasteiger partial charge on any atom is 0.416 e. The van der Waals surface area contributed by atoms with Gasteiger partial charge in [-0.25, -0.2) is 0 Å². The molecule has 146 valence electrons. The Morgan fingerprint density at radius 3 is 2.48 bits per heavy atom.